The first-order valence-electron chi connectivity index (χ1n) is 6.26. The number of anilines is 1. The first-order valence-corrected chi connectivity index (χ1v) is 6.26. The summed E-state index contributed by atoms with van der Waals surface area (Å²) in [6.45, 7) is 6.21. The third-order valence-electron chi connectivity index (χ3n) is 2.94. The molecule has 98 valence electrons. The maximum absolute atomic E-state index is 11.5. The van der Waals surface area contributed by atoms with Crippen LogP contribution in [0.2, 0.25) is 0 Å². The molecule has 0 unspecified atom stereocenters. The molecule has 18 heavy (non-hydrogen) atoms. The second kappa shape index (κ2) is 6.84. The number of hydrogen-bond acceptors (Lipinski definition) is 3. The molecule has 1 rings (SSSR count). The Morgan fingerprint density at radius 1 is 1.39 bits per heavy atom. The number of carbonyl (C=O) groups is 1. The molecular weight excluding hydrogens is 226 g/mol. The number of allylic oxidation sites excluding steroid dienone is 1. The highest BCUT2D eigenvalue weighted by Gasteiger charge is 2.10. The summed E-state index contributed by atoms with van der Waals surface area (Å²) in [6.07, 6.45) is 4.35. The van der Waals surface area contributed by atoms with Crippen LogP contribution in [0.4, 0.5) is 5.69 Å². The van der Waals surface area contributed by atoms with E-state index >= 15 is 0 Å². The van der Waals surface area contributed by atoms with Crippen molar-refractivity contribution in [3.8, 4) is 0 Å². The van der Waals surface area contributed by atoms with Gasteiger partial charge in [-0.05, 0) is 36.6 Å². The van der Waals surface area contributed by atoms with Crippen LogP contribution in [-0.4, -0.2) is 13.1 Å². The van der Waals surface area contributed by atoms with Crippen LogP contribution >= 0.6 is 0 Å². The van der Waals surface area contributed by atoms with Gasteiger partial charge < -0.3 is 10.5 Å². The minimum absolute atomic E-state index is 0.349. The lowest BCUT2D eigenvalue weighted by molar-refractivity contribution is 0.0600. The Morgan fingerprint density at radius 2 is 2.11 bits per heavy atom. The van der Waals surface area contributed by atoms with Gasteiger partial charge in [-0.25, -0.2) is 4.79 Å². The molecule has 0 spiro atoms. The molecule has 0 saturated heterocycles. The number of benzene rings is 1. The fraction of sp³-hybridized carbons (Fsp3) is 0.400. The number of hydrogen-bond donors (Lipinski definition) is 1. The van der Waals surface area contributed by atoms with Crippen LogP contribution in [0.3, 0.4) is 0 Å². The van der Waals surface area contributed by atoms with Crippen LogP contribution in [0.15, 0.2) is 24.8 Å². The zero-order valence-electron chi connectivity index (χ0n) is 11.2. The topological polar surface area (TPSA) is 52.3 Å². The van der Waals surface area contributed by atoms with Crippen molar-refractivity contribution in [3.63, 3.8) is 0 Å². The maximum atomic E-state index is 11.5. The third-order valence-corrected chi connectivity index (χ3v) is 2.94. The van der Waals surface area contributed by atoms with Gasteiger partial charge in [0.05, 0.1) is 12.7 Å². The van der Waals surface area contributed by atoms with Crippen LogP contribution in [0.5, 0.6) is 0 Å². The summed E-state index contributed by atoms with van der Waals surface area (Å²) in [5.41, 5.74) is 8.93. The standard InChI is InChI=1S/C15H21NO2/c1-4-5-6-7-11(2)13-10-12(15(17)18-3)8-9-14(13)16/h8-10H,2,4-7,16H2,1,3H3. The molecule has 3 nitrogen and oxygen atoms in total. The number of methoxy groups -OCH3 is 1. The molecule has 0 heterocycles. The predicted molar refractivity (Wildman–Crippen MR) is 75.4 cm³/mol. The van der Waals surface area contributed by atoms with E-state index in [0.29, 0.717) is 11.3 Å². The van der Waals surface area contributed by atoms with Gasteiger partial charge in [0.1, 0.15) is 0 Å². The van der Waals surface area contributed by atoms with Crippen LogP contribution in [-0.2, 0) is 4.74 Å². The lowest BCUT2D eigenvalue weighted by Gasteiger charge is -2.10. The van der Waals surface area contributed by atoms with E-state index in [-0.39, 0.29) is 5.97 Å². The monoisotopic (exact) mass is 247 g/mol. The molecule has 0 aliphatic rings. The van der Waals surface area contributed by atoms with Crippen molar-refractivity contribution in [2.24, 2.45) is 0 Å². The van der Waals surface area contributed by atoms with Crippen LogP contribution in [0.1, 0.15) is 48.5 Å². The number of esters is 1. The van der Waals surface area contributed by atoms with Gasteiger partial charge in [-0.3, -0.25) is 0 Å². The van der Waals surface area contributed by atoms with Crippen LogP contribution in [0.25, 0.3) is 5.57 Å². The quantitative estimate of drug-likeness (QED) is 0.474. The average molecular weight is 247 g/mol. The molecule has 1 aromatic rings. The van der Waals surface area contributed by atoms with E-state index in [4.69, 9.17) is 10.5 Å². The van der Waals surface area contributed by atoms with Crippen LogP contribution in [0, 0.1) is 0 Å². The molecule has 0 saturated carbocycles. The van der Waals surface area contributed by atoms with Crippen molar-refractivity contribution in [1.29, 1.82) is 0 Å². The summed E-state index contributed by atoms with van der Waals surface area (Å²) in [5, 5.41) is 0. The molecule has 0 radical (unpaired) electrons. The molecule has 1 aromatic carbocycles. The van der Waals surface area contributed by atoms with Crippen molar-refractivity contribution < 1.29 is 9.53 Å². The zero-order valence-corrected chi connectivity index (χ0v) is 11.2. The summed E-state index contributed by atoms with van der Waals surface area (Å²) < 4.78 is 4.70. The van der Waals surface area contributed by atoms with Gasteiger partial charge in [0.15, 0.2) is 0 Å². The fourth-order valence-corrected chi connectivity index (χ4v) is 1.83. The van der Waals surface area contributed by atoms with Crippen molar-refractivity contribution in [3.05, 3.63) is 35.9 Å². The van der Waals surface area contributed by atoms with Gasteiger partial charge in [-0.1, -0.05) is 26.3 Å². The largest absolute Gasteiger partial charge is 0.465 e. The first kappa shape index (κ1) is 14.3. The van der Waals surface area contributed by atoms with E-state index in [1.807, 2.05) is 0 Å². The van der Waals surface area contributed by atoms with Gasteiger partial charge in [0.2, 0.25) is 0 Å². The van der Waals surface area contributed by atoms with E-state index in [2.05, 4.69) is 13.5 Å². The Hall–Kier alpha value is -1.77. The van der Waals surface area contributed by atoms with E-state index < -0.39 is 0 Å². The summed E-state index contributed by atoms with van der Waals surface area (Å²) in [5.74, 6) is -0.349. The summed E-state index contributed by atoms with van der Waals surface area (Å²) in [7, 11) is 1.37. The molecular formula is C15H21NO2. The van der Waals surface area contributed by atoms with Gasteiger partial charge in [0, 0.05) is 11.3 Å². The molecule has 0 bridgehead atoms. The molecule has 3 heteroatoms. The fourth-order valence-electron chi connectivity index (χ4n) is 1.83. The van der Waals surface area contributed by atoms with Gasteiger partial charge >= 0.3 is 5.97 Å². The summed E-state index contributed by atoms with van der Waals surface area (Å²) >= 11 is 0. The Labute approximate surface area is 109 Å². The summed E-state index contributed by atoms with van der Waals surface area (Å²) in [4.78, 5) is 11.5. The van der Waals surface area contributed by atoms with Gasteiger partial charge in [-0.15, -0.1) is 0 Å². The number of carbonyl (C=O) groups excluding carboxylic acids is 1. The number of rotatable bonds is 6. The smallest absolute Gasteiger partial charge is 0.337 e. The zero-order chi connectivity index (χ0) is 13.5. The molecule has 0 aliphatic heterocycles. The second-order valence-electron chi connectivity index (χ2n) is 4.35. The molecule has 0 amide bonds. The third kappa shape index (κ3) is 3.62. The highest BCUT2D eigenvalue weighted by molar-refractivity contribution is 5.91. The van der Waals surface area contributed by atoms with Crippen molar-refractivity contribution in [1.82, 2.24) is 0 Å². The molecule has 0 atom stereocenters. The second-order valence-corrected chi connectivity index (χ2v) is 4.35. The number of nitrogen functional groups attached to an aromatic ring is 1. The SMILES string of the molecule is C=C(CCCCC)c1cc(C(=O)OC)ccc1N. The Kier molecular flexibility index (Phi) is 5.43. The van der Waals surface area contributed by atoms with Gasteiger partial charge in [0.25, 0.3) is 0 Å². The minimum Gasteiger partial charge on any atom is -0.465 e. The number of ether oxygens (including phenoxy) is 1. The number of nitrogens with two attached hydrogens (primary N) is 1. The maximum Gasteiger partial charge on any atom is 0.337 e. The first-order chi connectivity index (χ1) is 8.60. The average Bonchev–Trinajstić information content (AvgIpc) is 2.38. The highest BCUT2D eigenvalue weighted by atomic mass is 16.5. The van der Waals surface area contributed by atoms with Crippen molar-refractivity contribution in [2.75, 3.05) is 12.8 Å². The predicted octanol–water partition coefficient (Wildman–Crippen LogP) is 3.65. The Balaban J connectivity index is 2.86. The molecule has 2 N–H and O–H groups in total. The summed E-state index contributed by atoms with van der Waals surface area (Å²) in [6, 6.07) is 5.16. The lowest BCUT2D eigenvalue weighted by Crippen LogP contribution is -2.03. The van der Waals surface area contributed by atoms with Crippen molar-refractivity contribution in [2.45, 2.75) is 32.6 Å². The lowest BCUT2D eigenvalue weighted by atomic mass is 9.98. The molecule has 0 fully saturated rings. The Morgan fingerprint density at radius 3 is 2.72 bits per heavy atom. The van der Waals surface area contributed by atoms with E-state index in [1.54, 1.807) is 18.2 Å². The molecule has 0 aromatic heterocycles. The van der Waals surface area contributed by atoms with E-state index in [9.17, 15) is 4.79 Å². The number of unbranched alkanes of at least 4 members (excludes halogenated alkanes) is 2. The minimum atomic E-state index is -0.349. The Bertz CT molecular complexity index is 438. The molecule has 0 aliphatic carbocycles. The van der Waals surface area contributed by atoms with Crippen LogP contribution < -0.4 is 5.73 Å². The normalized spacial score (nSPS) is 10.1. The highest BCUT2D eigenvalue weighted by Crippen LogP contribution is 2.26. The van der Waals surface area contributed by atoms with E-state index in [0.717, 1.165) is 24.0 Å². The van der Waals surface area contributed by atoms with E-state index in [1.165, 1.54) is 20.0 Å². The van der Waals surface area contributed by atoms with Crippen molar-refractivity contribution >= 4 is 17.2 Å². The van der Waals surface area contributed by atoms with Gasteiger partial charge in [-0.2, -0.15) is 0 Å².